The predicted octanol–water partition coefficient (Wildman–Crippen LogP) is -0.399. The van der Waals surface area contributed by atoms with Gasteiger partial charge >= 0.3 is 0 Å². The van der Waals surface area contributed by atoms with Crippen LogP contribution < -0.4 is 0 Å². The highest BCUT2D eigenvalue weighted by atomic mass is 32.2. The Hall–Kier alpha value is -0.130. The van der Waals surface area contributed by atoms with Crippen LogP contribution in [0.15, 0.2) is 0 Å². The number of hydrogen-bond acceptors (Lipinski definition) is 3. The lowest BCUT2D eigenvalue weighted by molar-refractivity contribution is 0.420. The maximum absolute atomic E-state index is 10.8. The maximum atomic E-state index is 10.8. The lowest BCUT2D eigenvalue weighted by Gasteiger charge is -2.16. The summed E-state index contributed by atoms with van der Waals surface area (Å²) in [6.07, 6.45) is 1.19. The van der Waals surface area contributed by atoms with Crippen LogP contribution in [0.3, 0.4) is 0 Å². The number of nitrogens with zero attached hydrogens (tertiary/aromatic N) is 2. The molecule has 0 aromatic rings. The first-order chi connectivity index (χ1) is 4.84. The summed E-state index contributed by atoms with van der Waals surface area (Å²) in [4.78, 5) is 1.82. The topological polar surface area (TPSA) is 40.6 Å². The molecule has 4 nitrogen and oxygen atoms in total. The van der Waals surface area contributed by atoms with Crippen molar-refractivity contribution in [2.24, 2.45) is 0 Å². The van der Waals surface area contributed by atoms with Crippen molar-refractivity contribution in [1.29, 1.82) is 0 Å². The minimum atomic E-state index is -3.02. The first-order valence-corrected chi connectivity index (χ1v) is 5.10. The molecule has 0 aliphatic carbocycles. The zero-order valence-corrected chi connectivity index (χ0v) is 8.22. The SMILES string of the molecule is CN(C)[CH]CN(C)S(C)(=O)=O. The van der Waals surface area contributed by atoms with Gasteiger partial charge in [0.15, 0.2) is 0 Å². The van der Waals surface area contributed by atoms with Crippen molar-refractivity contribution in [3.63, 3.8) is 0 Å². The Morgan fingerprint density at radius 2 is 1.73 bits per heavy atom. The number of likely N-dealkylation sites (N-methyl/N-ethyl adjacent to an activating group) is 2. The monoisotopic (exact) mass is 179 g/mol. The van der Waals surface area contributed by atoms with Crippen LogP contribution in [0, 0.1) is 6.54 Å². The summed E-state index contributed by atoms with van der Waals surface area (Å²) in [5.74, 6) is 0. The van der Waals surface area contributed by atoms with Gasteiger partial charge in [-0.15, -0.1) is 0 Å². The summed E-state index contributed by atoms with van der Waals surface area (Å²) in [5, 5.41) is 0. The summed E-state index contributed by atoms with van der Waals surface area (Å²) in [7, 11) is 2.24. The Labute approximate surface area is 68.8 Å². The highest BCUT2D eigenvalue weighted by molar-refractivity contribution is 7.88. The molecule has 0 atom stereocenters. The fourth-order valence-corrected chi connectivity index (χ4v) is 0.751. The highest BCUT2D eigenvalue weighted by Crippen LogP contribution is 1.94. The zero-order valence-electron chi connectivity index (χ0n) is 7.40. The van der Waals surface area contributed by atoms with Crippen molar-refractivity contribution in [1.82, 2.24) is 9.21 Å². The third-order valence-corrected chi connectivity index (χ3v) is 2.55. The molecule has 5 heteroatoms. The zero-order chi connectivity index (χ0) is 9.07. The van der Waals surface area contributed by atoms with Crippen LogP contribution in [0.1, 0.15) is 0 Å². The molecule has 1 radical (unpaired) electrons. The molecule has 0 aliphatic heterocycles. The van der Waals surface area contributed by atoms with E-state index in [1.165, 1.54) is 10.6 Å². The predicted molar refractivity (Wildman–Crippen MR) is 45.5 cm³/mol. The molecule has 0 amide bonds. The standard InChI is InChI=1S/C6H15N2O2S/c1-7(2)5-6-8(3)11(4,9)10/h5H,6H2,1-4H3. The molecular weight excluding hydrogens is 164 g/mol. The van der Waals surface area contributed by atoms with Gasteiger partial charge in [-0.3, -0.25) is 0 Å². The van der Waals surface area contributed by atoms with Gasteiger partial charge in [0.1, 0.15) is 0 Å². The van der Waals surface area contributed by atoms with Gasteiger partial charge in [-0.1, -0.05) is 0 Å². The second-order valence-electron chi connectivity index (χ2n) is 2.69. The smallest absolute Gasteiger partial charge is 0.211 e. The second kappa shape index (κ2) is 4.04. The van der Waals surface area contributed by atoms with Gasteiger partial charge in [0.25, 0.3) is 0 Å². The van der Waals surface area contributed by atoms with Crippen LogP contribution in [0.5, 0.6) is 0 Å². The second-order valence-corrected chi connectivity index (χ2v) is 4.78. The van der Waals surface area contributed by atoms with Crippen LogP contribution in [0.2, 0.25) is 0 Å². The first-order valence-electron chi connectivity index (χ1n) is 3.25. The van der Waals surface area contributed by atoms with E-state index in [4.69, 9.17) is 0 Å². The van der Waals surface area contributed by atoms with Crippen LogP contribution in [0.4, 0.5) is 0 Å². The molecule has 0 unspecified atom stereocenters. The largest absolute Gasteiger partial charge is 0.304 e. The maximum Gasteiger partial charge on any atom is 0.211 e. The van der Waals surface area contributed by atoms with E-state index in [-0.39, 0.29) is 0 Å². The van der Waals surface area contributed by atoms with Crippen molar-refractivity contribution in [3.8, 4) is 0 Å². The van der Waals surface area contributed by atoms with Gasteiger partial charge < -0.3 is 4.90 Å². The first kappa shape index (κ1) is 10.9. The molecule has 0 aliphatic rings. The fraction of sp³-hybridized carbons (Fsp3) is 0.833. The molecule has 11 heavy (non-hydrogen) atoms. The van der Waals surface area contributed by atoms with Crippen molar-refractivity contribution in [2.45, 2.75) is 0 Å². The third-order valence-electron chi connectivity index (χ3n) is 1.27. The Bertz CT molecular complexity index is 199. The molecule has 0 aromatic carbocycles. The Balaban J connectivity index is 3.81. The van der Waals surface area contributed by atoms with E-state index in [1.54, 1.807) is 13.6 Å². The van der Waals surface area contributed by atoms with E-state index in [2.05, 4.69) is 0 Å². The van der Waals surface area contributed by atoms with E-state index in [0.717, 1.165) is 0 Å². The van der Waals surface area contributed by atoms with Crippen LogP contribution in [-0.4, -0.2) is 51.6 Å². The lowest BCUT2D eigenvalue weighted by Crippen LogP contribution is -2.29. The molecular formula is C6H15N2O2S. The summed E-state index contributed by atoms with van der Waals surface area (Å²) in [6, 6.07) is 0. The Kier molecular flexibility index (Phi) is 3.99. The van der Waals surface area contributed by atoms with Crippen molar-refractivity contribution in [3.05, 3.63) is 6.54 Å². The van der Waals surface area contributed by atoms with Gasteiger partial charge in [-0.05, 0) is 14.1 Å². The van der Waals surface area contributed by atoms with Gasteiger partial charge in [0.05, 0.1) is 6.26 Å². The van der Waals surface area contributed by atoms with E-state index < -0.39 is 10.0 Å². The van der Waals surface area contributed by atoms with Gasteiger partial charge in [0.2, 0.25) is 10.0 Å². The molecule has 0 aromatic heterocycles. The minimum absolute atomic E-state index is 0.422. The molecule has 67 valence electrons. The van der Waals surface area contributed by atoms with E-state index in [0.29, 0.717) is 6.54 Å². The van der Waals surface area contributed by atoms with Crippen molar-refractivity contribution >= 4 is 10.0 Å². The number of rotatable bonds is 4. The molecule has 0 saturated carbocycles. The van der Waals surface area contributed by atoms with Crippen LogP contribution in [-0.2, 0) is 10.0 Å². The number of sulfonamides is 1. The third kappa shape index (κ3) is 5.17. The van der Waals surface area contributed by atoms with Gasteiger partial charge in [-0.25, -0.2) is 12.7 Å². The summed E-state index contributed by atoms with van der Waals surface area (Å²) >= 11 is 0. The highest BCUT2D eigenvalue weighted by Gasteiger charge is 2.09. The van der Waals surface area contributed by atoms with E-state index >= 15 is 0 Å². The molecule has 0 bridgehead atoms. The molecule has 0 rings (SSSR count). The van der Waals surface area contributed by atoms with Crippen molar-refractivity contribution < 1.29 is 8.42 Å². The summed E-state index contributed by atoms with van der Waals surface area (Å²) in [6.45, 7) is 2.22. The Morgan fingerprint density at radius 3 is 2.00 bits per heavy atom. The number of hydrogen-bond donors (Lipinski definition) is 0. The molecule has 0 saturated heterocycles. The fourth-order valence-electron chi connectivity index (χ4n) is 0.414. The molecule has 0 heterocycles. The summed E-state index contributed by atoms with van der Waals surface area (Å²) < 4.78 is 22.9. The van der Waals surface area contributed by atoms with Crippen molar-refractivity contribution in [2.75, 3.05) is 33.9 Å². The normalized spacial score (nSPS) is 12.9. The molecule has 0 N–H and O–H groups in total. The summed E-state index contributed by atoms with van der Waals surface area (Å²) in [5.41, 5.74) is 0. The quantitative estimate of drug-likeness (QED) is 0.589. The average Bonchev–Trinajstić information content (AvgIpc) is 1.80. The lowest BCUT2D eigenvalue weighted by atomic mass is 10.6. The van der Waals surface area contributed by atoms with Gasteiger partial charge in [0, 0.05) is 20.1 Å². The van der Waals surface area contributed by atoms with E-state index in [9.17, 15) is 8.42 Å². The van der Waals surface area contributed by atoms with Crippen LogP contribution >= 0.6 is 0 Å². The average molecular weight is 179 g/mol. The van der Waals surface area contributed by atoms with Crippen LogP contribution in [0.25, 0.3) is 0 Å². The van der Waals surface area contributed by atoms with E-state index in [1.807, 2.05) is 19.0 Å². The minimum Gasteiger partial charge on any atom is -0.304 e. The Morgan fingerprint density at radius 1 is 1.27 bits per heavy atom. The molecule has 0 spiro atoms. The van der Waals surface area contributed by atoms with Gasteiger partial charge in [-0.2, -0.15) is 0 Å². The molecule has 0 fully saturated rings.